The molecule has 0 radical (unpaired) electrons. The van der Waals surface area contributed by atoms with Gasteiger partial charge in [-0.05, 0) is 44.2 Å². The SMILES string of the molecule is CCOc1ccccc1NC(=O)c1cc2c(Cl)nc3ccc(C)cc3c2s1. The van der Waals surface area contributed by atoms with Crippen molar-refractivity contribution in [1.29, 1.82) is 0 Å². The van der Waals surface area contributed by atoms with E-state index in [-0.39, 0.29) is 5.91 Å². The van der Waals surface area contributed by atoms with E-state index < -0.39 is 0 Å². The first-order chi connectivity index (χ1) is 13.1. The van der Waals surface area contributed by atoms with E-state index >= 15 is 0 Å². The number of aryl methyl sites for hydroxylation is 1. The summed E-state index contributed by atoms with van der Waals surface area (Å²) in [7, 11) is 0. The molecule has 0 atom stereocenters. The van der Waals surface area contributed by atoms with Crippen LogP contribution in [0.15, 0.2) is 48.5 Å². The van der Waals surface area contributed by atoms with Crippen molar-refractivity contribution < 1.29 is 9.53 Å². The summed E-state index contributed by atoms with van der Waals surface area (Å²) in [6.07, 6.45) is 0. The number of hydrogen-bond donors (Lipinski definition) is 1. The number of ether oxygens (including phenoxy) is 1. The normalized spacial score (nSPS) is 11.1. The molecule has 1 N–H and O–H groups in total. The van der Waals surface area contributed by atoms with Crippen LogP contribution in [-0.4, -0.2) is 17.5 Å². The third-order valence-electron chi connectivity index (χ3n) is 4.23. The zero-order chi connectivity index (χ0) is 19.0. The summed E-state index contributed by atoms with van der Waals surface area (Å²) in [6.45, 7) is 4.47. The maximum atomic E-state index is 12.8. The molecule has 0 fully saturated rings. The average Bonchev–Trinajstić information content (AvgIpc) is 3.11. The molecule has 1 amide bonds. The van der Waals surface area contributed by atoms with Crippen molar-refractivity contribution in [2.45, 2.75) is 13.8 Å². The van der Waals surface area contributed by atoms with Gasteiger partial charge in [-0.25, -0.2) is 4.98 Å². The highest BCUT2D eigenvalue weighted by molar-refractivity contribution is 7.22. The molecular weight excluding hydrogens is 380 g/mol. The fourth-order valence-corrected chi connectivity index (χ4v) is 4.36. The van der Waals surface area contributed by atoms with Crippen LogP contribution in [0.2, 0.25) is 5.15 Å². The van der Waals surface area contributed by atoms with E-state index in [0.717, 1.165) is 26.6 Å². The Kier molecular flexibility index (Phi) is 4.72. The highest BCUT2D eigenvalue weighted by atomic mass is 35.5. The molecule has 6 heteroatoms. The number of para-hydroxylation sites is 2. The van der Waals surface area contributed by atoms with Crippen molar-refractivity contribution >= 4 is 55.5 Å². The van der Waals surface area contributed by atoms with Gasteiger partial charge in [0.1, 0.15) is 10.9 Å². The van der Waals surface area contributed by atoms with E-state index in [4.69, 9.17) is 16.3 Å². The molecule has 0 unspecified atom stereocenters. The number of carbonyl (C=O) groups excluding carboxylic acids is 1. The minimum atomic E-state index is -0.194. The number of carbonyl (C=O) groups is 1. The Morgan fingerprint density at radius 1 is 1.19 bits per heavy atom. The lowest BCUT2D eigenvalue weighted by Gasteiger charge is -2.10. The number of fused-ring (bicyclic) bond motifs is 3. The highest BCUT2D eigenvalue weighted by Gasteiger charge is 2.17. The largest absolute Gasteiger partial charge is 0.492 e. The number of rotatable bonds is 4. The summed E-state index contributed by atoms with van der Waals surface area (Å²) in [5, 5.41) is 5.15. The topological polar surface area (TPSA) is 51.2 Å². The zero-order valence-corrected chi connectivity index (χ0v) is 16.4. The summed E-state index contributed by atoms with van der Waals surface area (Å²) in [4.78, 5) is 17.9. The molecule has 4 aromatic rings. The lowest BCUT2D eigenvalue weighted by atomic mass is 10.1. The molecule has 0 bridgehead atoms. The Morgan fingerprint density at radius 3 is 2.81 bits per heavy atom. The summed E-state index contributed by atoms with van der Waals surface area (Å²) in [5.74, 6) is 0.454. The Bertz CT molecular complexity index is 1170. The van der Waals surface area contributed by atoms with Crippen LogP contribution in [0.5, 0.6) is 5.75 Å². The van der Waals surface area contributed by atoms with Crippen molar-refractivity contribution in [3.8, 4) is 5.75 Å². The quantitative estimate of drug-likeness (QED) is 0.426. The number of nitrogens with one attached hydrogen (secondary N) is 1. The Hall–Kier alpha value is -2.63. The van der Waals surface area contributed by atoms with Crippen molar-refractivity contribution in [1.82, 2.24) is 4.98 Å². The summed E-state index contributed by atoms with van der Waals surface area (Å²) in [5.41, 5.74) is 2.61. The molecule has 0 aliphatic heterocycles. The number of benzene rings is 2. The second kappa shape index (κ2) is 7.18. The molecule has 0 spiro atoms. The monoisotopic (exact) mass is 396 g/mol. The molecule has 0 saturated heterocycles. The number of thiophene rings is 1. The second-order valence-electron chi connectivity index (χ2n) is 6.16. The third-order valence-corrected chi connectivity index (χ3v) is 5.68. The summed E-state index contributed by atoms with van der Waals surface area (Å²) >= 11 is 7.78. The number of aromatic nitrogens is 1. The van der Waals surface area contributed by atoms with Gasteiger partial charge in [0.2, 0.25) is 0 Å². The number of nitrogens with zero attached hydrogens (tertiary/aromatic N) is 1. The molecule has 4 nitrogen and oxygen atoms in total. The van der Waals surface area contributed by atoms with Crippen LogP contribution in [0.25, 0.3) is 21.0 Å². The first-order valence-electron chi connectivity index (χ1n) is 8.59. The van der Waals surface area contributed by atoms with Crippen LogP contribution in [0.3, 0.4) is 0 Å². The molecule has 2 heterocycles. The molecule has 2 aromatic carbocycles. The highest BCUT2D eigenvalue weighted by Crippen LogP contribution is 2.36. The standard InChI is InChI=1S/C21H17ClN2O2S/c1-3-26-17-7-5-4-6-16(17)24-21(25)18-11-14-19(27-18)13-10-12(2)8-9-15(13)23-20(14)22/h4-11H,3H2,1-2H3,(H,24,25). The molecule has 0 aliphatic carbocycles. The van der Waals surface area contributed by atoms with Gasteiger partial charge in [-0.3, -0.25) is 4.79 Å². The molecule has 4 rings (SSSR count). The van der Waals surface area contributed by atoms with Crippen molar-refractivity contribution in [3.05, 3.63) is 64.1 Å². The Morgan fingerprint density at radius 2 is 2.00 bits per heavy atom. The Balaban J connectivity index is 1.76. The van der Waals surface area contributed by atoms with Crippen LogP contribution in [0.4, 0.5) is 5.69 Å². The van der Waals surface area contributed by atoms with Crippen LogP contribution < -0.4 is 10.1 Å². The lowest BCUT2D eigenvalue weighted by Crippen LogP contribution is -2.11. The van der Waals surface area contributed by atoms with Gasteiger partial charge < -0.3 is 10.1 Å². The van der Waals surface area contributed by atoms with Gasteiger partial charge >= 0.3 is 0 Å². The first-order valence-corrected chi connectivity index (χ1v) is 9.79. The molecule has 136 valence electrons. The van der Waals surface area contributed by atoms with Gasteiger partial charge in [0.15, 0.2) is 0 Å². The third kappa shape index (κ3) is 3.36. The van der Waals surface area contributed by atoms with Crippen LogP contribution in [-0.2, 0) is 0 Å². The smallest absolute Gasteiger partial charge is 0.265 e. The van der Waals surface area contributed by atoms with Gasteiger partial charge in [0, 0.05) is 15.5 Å². The molecule has 2 aromatic heterocycles. The van der Waals surface area contributed by atoms with Gasteiger partial charge in [0.25, 0.3) is 5.91 Å². The van der Waals surface area contributed by atoms with Gasteiger partial charge in [-0.2, -0.15) is 0 Å². The van der Waals surface area contributed by atoms with Gasteiger partial charge in [0.05, 0.1) is 22.7 Å². The summed E-state index contributed by atoms with van der Waals surface area (Å²) in [6, 6.07) is 15.2. The fourth-order valence-electron chi connectivity index (χ4n) is 2.99. The Labute approximate surface area is 165 Å². The first kappa shape index (κ1) is 17.8. The lowest BCUT2D eigenvalue weighted by molar-refractivity contribution is 0.103. The van der Waals surface area contributed by atoms with E-state index in [2.05, 4.69) is 16.4 Å². The average molecular weight is 397 g/mol. The predicted molar refractivity (Wildman–Crippen MR) is 112 cm³/mol. The van der Waals surface area contributed by atoms with E-state index in [1.54, 1.807) is 6.07 Å². The number of amides is 1. The minimum Gasteiger partial charge on any atom is -0.492 e. The van der Waals surface area contributed by atoms with E-state index in [1.807, 2.05) is 50.2 Å². The van der Waals surface area contributed by atoms with Crippen LogP contribution in [0, 0.1) is 6.92 Å². The maximum Gasteiger partial charge on any atom is 0.265 e. The fraction of sp³-hybridized carbons (Fsp3) is 0.143. The molecule has 0 aliphatic rings. The number of hydrogen-bond acceptors (Lipinski definition) is 4. The van der Waals surface area contributed by atoms with Gasteiger partial charge in [-0.15, -0.1) is 11.3 Å². The number of pyridine rings is 1. The molecule has 27 heavy (non-hydrogen) atoms. The number of halogens is 1. The molecular formula is C21H17ClN2O2S. The van der Waals surface area contributed by atoms with E-state index in [1.165, 1.54) is 11.3 Å². The maximum absolute atomic E-state index is 12.8. The zero-order valence-electron chi connectivity index (χ0n) is 14.9. The van der Waals surface area contributed by atoms with Gasteiger partial charge in [-0.1, -0.05) is 35.4 Å². The predicted octanol–water partition coefficient (Wildman–Crippen LogP) is 6.06. The number of anilines is 1. The van der Waals surface area contributed by atoms with Crippen molar-refractivity contribution in [2.24, 2.45) is 0 Å². The van der Waals surface area contributed by atoms with E-state index in [0.29, 0.717) is 28.1 Å². The van der Waals surface area contributed by atoms with Crippen molar-refractivity contribution in [2.75, 3.05) is 11.9 Å². The minimum absolute atomic E-state index is 0.194. The van der Waals surface area contributed by atoms with Crippen LogP contribution >= 0.6 is 22.9 Å². The van der Waals surface area contributed by atoms with Crippen LogP contribution in [0.1, 0.15) is 22.2 Å². The van der Waals surface area contributed by atoms with Crippen molar-refractivity contribution in [3.63, 3.8) is 0 Å². The second-order valence-corrected chi connectivity index (χ2v) is 7.57. The van der Waals surface area contributed by atoms with E-state index in [9.17, 15) is 4.79 Å². The molecule has 0 saturated carbocycles. The summed E-state index contributed by atoms with van der Waals surface area (Å²) < 4.78 is 6.55.